The number of halogens is 1. The third kappa shape index (κ3) is 2.66. The largest absolute Gasteiger partial charge is 0.432 e. The van der Waals surface area contributed by atoms with E-state index in [4.69, 9.17) is 21.8 Å². The summed E-state index contributed by atoms with van der Waals surface area (Å²) in [6.07, 6.45) is 1.58. The summed E-state index contributed by atoms with van der Waals surface area (Å²) in [5.74, 6) is 0. The number of hydrogen-bond acceptors (Lipinski definition) is 4. The van der Waals surface area contributed by atoms with Gasteiger partial charge in [0.2, 0.25) is 0 Å². The van der Waals surface area contributed by atoms with Crippen LogP contribution in [0.3, 0.4) is 0 Å². The monoisotopic (exact) mass is 265 g/mol. The fraction of sp³-hybridized carbons (Fsp3) is 0.308. The van der Waals surface area contributed by atoms with E-state index >= 15 is 0 Å². The molecule has 0 aliphatic heterocycles. The highest BCUT2D eigenvalue weighted by Crippen LogP contribution is 2.25. The number of nitrogens with zero attached hydrogens (tertiary/aromatic N) is 2. The van der Waals surface area contributed by atoms with E-state index in [1.807, 2.05) is 36.2 Å². The quantitative estimate of drug-likeness (QED) is 0.923. The van der Waals surface area contributed by atoms with Crippen molar-refractivity contribution >= 4 is 17.6 Å². The van der Waals surface area contributed by atoms with Gasteiger partial charge < -0.3 is 15.1 Å². The second-order valence-corrected chi connectivity index (χ2v) is 4.60. The number of hydrogen-bond donors (Lipinski definition) is 1. The fourth-order valence-electron chi connectivity index (χ4n) is 1.68. The Morgan fingerprint density at radius 2 is 2.06 bits per heavy atom. The Morgan fingerprint density at radius 3 is 2.61 bits per heavy atom. The third-order valence-electron chi connectivity index (χ3n) is 2.98. The van der Waals surface area contributed by atoms with Crippen LogP contribution >= 0.6 is 11.6 Å². The molecule has 18 heavy (non-hydrogen) atoms. The lowest BCUT2D eigenvalue weighted by atomic mass is 10.1. The lowest BCUT2D eigenvalue weighted by Crippen LogP contribution is -2.21. The third-order valence-corrected chi connectivity index (χ3v) is 3.24. The van der Waals surface area contributed by atoms with Gasteiger partial charge in [0.25, 0.3) is 6.01 Å². The molecule has 0 aliphatic rings. The number of rotatable bonds is 4. The molecular weight excluding hydrogens is 250 g/mol. The first-order valence-electron chi connectivity index (χ1n) is 5.74. The van der Waals surface area contributed by atoms with Gasteiger partial charge in [0.05, 0.1) is 11.7 Å². The van der Waals surface area contributed by atoms with Crippen molar-refractivity contribution in [3.63, 3.8) is 0 Å². The lowest BCUT2D eigenvalue weighted by molar-refractivity contribution is 0.525. The first-order chi connectivity index (χ1) is 8.61. The van der Waals surface area contributed by atoms with Crippen LogP contribution in [0.15, 0.2) is 34.9 Å². The van der Waals surface area contributed by atoms with Crippen LogP contribution in [0.4, 0.5) is 6.01 Å². The van der Waals surface area contributed by atoms with Crippen molar-refractivity contribution in [3.8, 4) is 0 Å². The zero-order valence-electron chi connectivity index (χ0n) is 10.4. The summed E-state index contributed by atoms with van der Waals surface area (Å²) in [7, 11) is 1.94. The van der Waals surface area contributed by atoms with E-state index in [0.29, 0.717) is 12.6 Å². The van der Waals surface area contributed by atoms with E-state index in [1.54, 1.807) is 6.26 Å². The Hall–Kier alpha value is -1.52. The van der Waals surface area contributed by atoms with Crippen molar-refractivity contribution in [2.75, 3.05) is 11.9 Å². The van der Waals surface area contributed by atoms with Crippen LogP contribution < -0.4 is 10.6 Å². The van der Waals surface area contributed by atoms with Crippen LogP contribution in [0.1, 0.15) is 24.2 Å². The van der Waals surface area contributed by atoms with Crippen molar-refractivity contribution in [1.82, 2.24) is 4.98 Å². The molecule has 0 saturated carbocycles. The van der Waals surface area contributed by atoms with Crippen LogP contribution in [0.25, 0.3) is 0 Å². The molecule has 4 nitrogen and oxygen atoms in total. The Morgan fingerprint density at radius 1 is 1.39 bits per heavy atom. The molecule has 0 aliphatic carbocycles. The number of benzene rings is 1. The summed E-state index contributed by atoms with van der Waals surface area (Å²) in [5, 5.41) is 0.732. The van der Waals surface area contributed by atoms with Crippen molar-refractivity contribution in [2.45, 2.75) is 19.5 Å². The topological polar surface area (TPSA) is 55.3 Å². The van der Waals surface area contributed by atoms with Gasteiger partial charge in [-0.3, -0.25) is 0 Å². The normalized spacial score (nSPS) is 12.4. The van der Waals surface area contributed by atoms with Crippen LogP contribution in [0, 0.1) is 0 Å². The Labute approximate surface area is 111 Å². The summed E-state index contributed by atoms with van der Waals surface area (Å²) >= 11 is 5.88. The van der Waals surface area contributed by atoms with Crippen molar-refractivity contribution in [1.29, 1.82) is 0 Å². The molecule has 1 atom stereocenters. The van der Waals surface area contributed by atoms with E-state index in [9.17, 15) is 0 Å². The van der Waals surface area contributed by atoms with Gasteiger partial charge in [-0.15, -0.1) is 0 Å². The SMILES string of the molecule is CC(c1ccc(Cl)cc1)N(C)c1nc(CN)co1. The van der Waals surface area contributed by atoms with Gasteiger partial charge in [0.1, 0.15) is 6.26 Å². The summed E-state index contributed by atoms with van der Waals surface area (Å²) in [6, 6.07) is 8.46. The Bertz CT molecular complexity index is 509. The zero-order chi connectivity index (χ0) is 13.1. The Kier molecular flexibility index (Phi) is 3.89. The highest BCUT2D eigenvalue weighted by molar-refractivity contribution is 6.30. The molecule has 0 bridgehead atoms. The fourth-order valence-corrected chi connectivity index (χ4v) is 1.81. The van der Waals surface area contributed by atoms with Crippen LogP contribution in [-0.4, -0.2) is 12.0 Å². The van der Waals surface area contributed by atoms with Gasteiger partial charge in [-0.1, -0.05) is 23.7 Å². The van der Waals surface area contributed by atoms with Crippen LogP contribution in [0.5, 0.6) is 0 Å². The van der Waals surface area contributed by atoms with Gasteiger partial charge in [0.15, 0.2) is 0 Å². The summed E-state index contributed by atoms with van der Waals surface area (Å²) < 4.78 is 5.39. The molecule has 5 heteroatoms. The van der Waals surface area contributed by atoms with Crippen molar-refractivity contribution < 1.29 is 4.42 Å². The molecule has 96 valence electrons. The standard InChI is InChI=1S/C13H16ClN3O/c1-9(10-3-5-11(14)6-4-10)17(2)13-16-12(7-15)8-18-13/h3-6,8-9H,7,15H2,1-2H3. The first-order valence-corrected chi connectivity index (χ1v) is 6.12. The number of aromatic nitrogens is 1. The van der Waals surface area contributed by atoms with Crippen molar-refractivity contribution in [3.05, 3.63) is 46.8 Å². The zero-order valence-corrected chi connectivity index (χ0v) is 11.2. The minimum atomic E-state index is 0.145. The smallest absolute Gasteiger partial charge is 0.297 e. The summed E-state index contributed by atoms with van der Waals surface area (Å²) in [6.45, 7) is 2.46. The second kappa shape index (κ2) is 5.42. The molecule has 2 rings (SSSR count). The molecule has 0 spiro atoms. The number of anilines is 1. The van der Waals surface area contributed by atoms with Crippen molar-refractivity contribution in [2.24, 2.45) is 5.73 Å². The molecular formula is C13H16ClN3O. The molecule has 2 aromatic rings. The maximum Gasteiger partial charge on any atom is 0.297 e. The summed E-state index contributed by atoms with van der Waals surface area (Å²) in [5.41, 5.74) is 7.41. The van der Waals surface area contributed by atoms with Gasteiger partial charge in [-0.25, -0.2) is 0 Å². The second-order valence-electron chi connectivity index (χ2n) is 4.16. The maximum atomic E-state index is 5.88. The van der Waals surface area contributed by atoms with Gasteiger partial charge >= 0.3 is 0 Å². The minimum absolute atomic E-state index is 0.145. The highest BCUT2D eigenvalue weighted by Gasteiger charge is 2.16. The predicted molar refractivity (Wildman–Crippen MR) is 72.7 cm³/mol. The molecule has 0 amide bonds. The Balaban J connectivity index is 2.17. The highest BCUT2D eigenvalue weighted by atomic mass is 35.5. The molecule has 2 N–H and O–H groups in total. The van der Waals surface area contributed by atoms with E-state index in [-0.39, 0.29) is 6.04 Å². The summed E-state index contributed by atoms with van der Waals surface area (Å²) in [4.78, 5) is 6.26. The van der Waals surface area contributed by atoms with E-state index in [2.05, 4.69) is 11.9 Å². The molecule has 0 saturated heterocycles. The number of oxazole rings is 1. The lowest BCUT2D eigenvalue weighted by Gasteiger charge is -2.23. The first kappa shape index (κ1) is 12.9. The van der Waals surface area contributed by atoms with Gasteiger partial charge in [0, 0.05) is 18.6 Å². The molecule has 1 aromatic carbocycles. The predicted octanol–water partition coefficient (Wildman–Crippen LogP) is 2.98. The van der Waals surface area contributed by atoms with E-state index in [1.165, 1.54) is 0 Å². The number of nitrogens with two attached hydrogens (primary N) is 1. The molecule has 1 aromatic heterocycles. The molecule has 1 unspecified atom stereocenters. The average Bonchev–Trinajstić information content (AvgIpc) is 2.86. The molecule has 1 heterocycles. The van der Waals surface area contributed by atoms with E-state index in [0.717, 1.165) is 16.3 Å². The van der Waals surface area contributed by atoms with Crippen LogP contribution in [-0.2, 0) is 6.54 Å². The maximum absolute atomic E-state index is 5.88. The average molecular weight is 266 g/mol. The molecule has 0 fully saturated rings. The van der Waals surface area contributed by atoms with E-state index < -0.39 is 0 Å². The molecule has 0 radical (unpaired) electrons. The van der Waals surface area contributed by atoms with Gasteiger partial charge in [-0.05, 0) is 24.6 Å². The van der Waals surface area contributed by atoms with Gasteiger partial charge in [-0.2, -0.15) is 4.98 Å². The minimum Gasteiger partial charge on any atom is -0.432 e. The van der Waals surface area contributed by atoms with Crippen LogP contribution in [0.2, 0.25) is 5.02 Å².